The third-order valence-electron chi connectivity index (χ3n) is 3.27. The van der Waals surface area contributed by atoms with Gasteiger partial charge < -0.3 is 31.2 Å². The van der Waals surface area contributed by atoms with Crippen LogP contribution in [0.5, 0.6) is 0 Å². The fourth-order valence-corrected chi connectivity index (χ4v) is 2.76. The Morgan fingerprint density at radius 3 is 2.08 bits per heavy atom. The van der Waals surface area contributed by atoms with E-state index in [9.17, 15) is 0 Å². The molecular weight excluding hydrogens is 485 g/mol. The first kappa shape index (κ1) is 28.0. The molecule has 0 fully saturated rings. The Morgan fingerprint density at radius 1 is 0.962 bits per heavy atom. The normalized spacial score (nSPS) is 9.38. The molecule has 0 heterocycles. The van der Waals surface area contributed by atoms with E-state index in [0.29, 0.717) is 5.02 Å². The van der Waals surface area contributed by atoms with E-state index < -0.39 is 0 Å². The maximum atomic E-state index is 5.96. The molecule has 0 nitrogen and oxygen atoms in total. The molecule has 0 saturated heterocycles. The minimum atomic E-state index is 0. The molecule has 1 aliphatic rings. The number of fused-ring (bicyclic) bond motifs is 3. The van der Waals surface area contributed by atoms with E-state index in [1.54, 1.807) is 0 Å². The second kappa shape index (κ2) is 14.8. The molecule has 0 unspecified atom stereocenters. The Balaban J connectivity index is 0. The minimum absolute atomic E-state index is 0. The molecule has 0 saturated carbocycles. The zero-order valence-corrected chi connectivity index (χ0v) is 20.1. The number of hydrogen-bond acceptors (Lipinski definition) is 0. The van der Waals surface area contributed by atoms with Gasteiger partial charge in [0, 0.05) is 5.02 Å². The maximum Gasteiger partial charge on any atom is 2.00 e. The second-order valence-corrected chi connectivity index (χ2v) is 6.06. The number of rotatable bonds is 0. The smallest absolute Gasteiger partial charge is 1.00 e. The van der Waals surface area contributed by atoms with Gasteiger partial charge in [0.25, 0.3) is 0 Å². The molecule has 26 heavy (non-hydrogen) atoms. The largest absolute Gasteiger partial charge is 2.00 e. The summed E-state index contributed by atoms with van der Waals surface area (Å²) in [4.78, 5) is 0. The maximum absolute atomic E-state index is 5.96. The van der Waals surface area contributed by atoms with E-state index in [2.05, 4.69) is 12.1 Å². The van der Waals surface area contributed by atoms with Crippen molar-refractivity contribution in [2.75, 3.05) is 0 Å². The van der Waals surface area contributed by atoms with Gasteiger partial charge in [-0.1, -0.05) is 28.3 Å². The summed E-state index contributed by atoms with van der Waals surface area (Å²) in [6.07, 6.45) is 2.88. The summed E-state index contributed by atoms with van der Waals surface area (Å²) in [7, 11) is 0. The van der Waals surface area contributed by atoms with Crippen LogP contribution in [-0.4, -0.2) is 0 Å². The van der Waals surface area contributed by atoms with Crippen LogP contribution in [-0.2, 0) is 32.6 Å². The second-order valence-electron chi connectivity index (χ2n) is 5.22. The summed E-state index contributed by atoms with van der Waals surface area (Å²) in [5, 5.41) is 1.46. The van der Waals surface area contributed by atoms with Crippen LogP contribution < -0.4 is 24.8 Å². The average molecular weight is 504 g/mol. The predicted molar refractivity (Wildman–Crippen MR) is 101 cm³/mol. The van der Waals surface area contributed by atoms with Gasteiger partial charge in [0.2, 0.25) is 0 Å². The van der Waals surface area contributed by atoms with Crippen molar-refractivity contribution in [2.45, 2.75) is 20.3 Å². The zero-order valence-electron chi connectivity index (χ0n) is 14.6. The first-order valence-corrected chi connectivity index (χ1v) is 8.31. The van der Waals surface area contributed by atoms with Gasteiger partial charge in [0.05, 0.1) is 0 Å². The van der Waals surface area contributed by atoms with Gasteiger partial charge in [0.1, 0.15) is 0 Å². The number of halogens is 4. The van der Waals surface area contributed by atoms with Crippen molar-refractivity contribution in [3.05, 3.63) is 94.3 Å². The van der Waals surface area contributed by atoms with Crippen LogP contribution in [0.4, 0.5) is 0 Å². The molecule has 0 bridgehead atoms. The van der Waals surface area contributed by atoms with Gasteiger partial charge in [-0.2, -0.15) is 50.2 Å². The SMILES string of the molecule is C[CH-]C.Clc1[c-]c2c(cc1)-c1ccc(Cl)cc1C2.[Cl-].[Cl-].[Zr+2].c1cc[cH-]c1. The van der Waals surface area contributed by atoms with Crippen molar-refractivity contribution < 1.29 is 51.0 Å². The van der Waals surface area contributed by atoms with Crippen molar-refractivity contribution in [3.63, 3.8) is 0 Å². The van der Waals surface area contributed by atoms with Crippen LogP contribution >= 0.6 is 23.2 Å². The third kappa shape index (κ3) is 8.24. The van der Waals surface area contributed by atoms with E-state index in [1.165, 1.54) is 22.3 Å². The van der Waals surface area contributed by atoms with Gasteiger partial charge in [-0.05, 0) is 24.1 Å². The van der Waals surface area contributed by atoms with E-state index >= 15 is 0 Å². The Hall–Kier alpha value is -0.167. The average Bonchev–Trinajstić information content (AvgIpc) is 3.17. The van der Waals surface area contributed by atoms with Crippen LogP contribution in [0.25, 0.3) is 11.1 Å². The van der Waals surface area contributed by atoms with Gasteiger partial charge in [-0.25, -0.2) is 12.1 Å². The van der Waals surface area contributed by atoms with E-state index in [1.807, 2.05) is 74.9 Å². The van der Waals surface area contributed by atoms with E-state index in [4.69, 9.17) is 23.2 Å². The van der Waals surface area contributed by atoms with Crippen molar-refractivity contribution >= 4 is 23.2 Å². The summed E-state index contributed by atoms with van der Waals surface area (Å²) in [5.74, 6) is 0. The molecule has 5 heteroatoms. The van der Waals surface area contributed by atoms with E-state index in [-0.39, 0.29) is 51.0 Å². The van der Waals surface area contributed by atoms with Crippen LogP contribution in [0, 0.1) is 12.5 Å². The van der Waals surface area contributed by atoms with Crippen molar-refractivity contribution in [3.8, 4) is 11.1 Å². The molecule has 1 aliphatic carbocycles. The summed E-state index contributed by atoms with van der Waals surface area (Å²) >= 11 is 11.9. The Bertz CT molecular complexity index is 673. The van der Waals surface area contributed by atoms with Gasteiger partial charge in [-0.15, -0.1) is 22.7 Å². The van der Waals surface area contributed by atoms with Gasteiger partial charge >= 0.3 is 26.2 Å². The molecule has 4 rings (SSSR count). The molecule has 0 radical (unpaired) electrons. The molecule has 0 spiro atoms. The molecule has 0 aliphatic heterocycles. The Morgan fingerprint density at radius 2 is 1.54 bits per heavy atom. The predicted octanol–water partition coefficient (Wildman–Crippen LogP) is 1.01. The number of benzene rings is 2. The standard InChI is InChI=1S/C13H7Cl2.C5H5.C3H7.2ClH.Zr/c14-10-1-3-12-8(6-10)5-9-7-11(15)2-4-13(9)12;1-2-4-5-3-1;1-3-2;;;/h1-4,6H,5H2;1-5H;3H,1-2H3;2*1H;/q3*-1;;;+2/p-2. The van der Waals surface area contributed by atoms with Crippen molar-refractivity contribution in [1.82, 2.24) is 0 Å². The monoisotopic (exact) mass is 501 g/mol. The minimum Gasteiger partial charge on any atom is -1.00 e. The Kier molecular flexibility index (Phi) is 16.0. The number of hydrogen-bond donors (Lipinski definition) is 0. The zero-order chi connectivity index (χ0) is 16.7. The summed E-state index contributed by atoms with van der Waals surface area (Å²) in [6, 6.07) is 23.1. The third-order valence-corrected chi connectivity index (χ3v) is 3.73. The first-order chi connectivity index (χ1) is 11.2. The summed E-state index contributed by atoms with van der Waals surface area (Å²) in [5.41, 5.74) is 4.91. The quantitative estimate of drug-likeness (QED) is 0.314. The van der Waals surface area contributed by atoms with Crippen LogP contribution in [0.1, 0.15) is 25.0 Å². The summed E-state index contributed by atoms with van der Waals surface area (Å²) < 4.78 is 0. The molecular formula is C21H19Cl4Zr-3. The van der Waals surface area contributed by atoms with E-state index in [0.717, 1.165) is 11.4 Å². The van der Waals surface area contributed by atoms with Crippen molar-refractivity contribution in [1.29, 1.82) is 0 Å². The topological polar surface area (TPSA) is 0 Å². The Labute approximate surface area is 198 Å². The fourth-order valence-electron chi connectivity index (χ4n) is 2.38. The van der Waals surface area contributed by atoms with Gasteiger partial charge in [0.15, 0.2) is 0 Å². The van der Waals surface area contributed by atoms with Gasteiger partial charge in [-0.3, -0.25) is 0 Å². The fraction of sp³-hybridized carbons (Fsp3) is 0.143. The molecule has 3 aromatic carbocycles. The van der Waals surface area contributed by atoms with Crippen LogP contribution in [0.15, 0.2) is 60.7 Å². The molecule has 138 valence electrons. The summed E-state index contributed by atoms with van der Waals surface area (Å²) in [6.45, 7) is 4.00. The van der Waals surface area contributed by atoms with Crippen molar-refractivity contribution in [2.24, 2.45) is 0 Å². The molecule has 0 atom stereocenters. The molecule has 0 N–H and O–H groups in total. The van der Waals surface area contributed by atoms with Crippen LogP contribution in [0.2, 0.25) is 10.0 Å². The molecule has 0 aromatic heterocycles. The molecule has 0 amide bonds. The van der Waals surface area contributed by atoms with Crippen LogP contribution in [0.3, 0.4) is 0 Å². The molecule has 3 aromatic rings. The first-order valence-electron chi connectivity index (χ1n) is 7.56.